The summed E-state index contributed by atoms with van der Waals surface area (Å²) < 4.78 is 15.7. The summed E-state index contributed by atoms with van der Waals surface area (Å²) in [6.07, 6.45) is 3.47. The summed E-state index contributed by atoms with van der Waals surface area (Å²) in [5, 5.41) is 6.25. The highest BCUT2D eigenvalue weighted by molar-refractivity contribution is 7.99. The Balaban J connectivity index is 1.79. The summed E-state index contributed by atoms with van der Waals surface area (Å²) in [7, 11) is 1.85. The van der Waals surface area contributed by atoms with Gasteiger partial charge in [-0.25, -0.2) is 9.37 Å². The fourth-order valence-electron chi connectivity index (χ4n) is 2.80. The summed E-state index contributed by atoms with van der Waals surface area (Å²) in [6, 6.07) is 12.1. The molecule has 0 aliphatic carbocycles. The number of rotatable bonds is 7. The number of nitrogens with zero attached hydrogens (tertiary/aromatic N) is 2. The van der Waals surface area contributed by atoms with Crippen LogP contribution in [0.1, 0.15) is 24.2 Å². The number of hydrogen-bond donors (Lipinski definition) is 2. The van der Waals surface area contributed by atoms with Crippen LogP contribution in [0, 0.1) is 11.7 Å². The minimum Gasteiger partial charge on any atom is -0.340 e. The maximum Gasteiger partial charge on any atom is 0.251 e. The summed E-state index contributed by atoms with van der Waals surface area (Å²) >= 11 is 1.31. The highest BCUT2D eigenvalue weighted by Crippen LogP contribution is 2.33. The molecule has 30 heavy (non-hydrogen) atoms. The van der Waals surface area contributed by atoms with Gasteiger partial charge in [0.2, 0.25) is 5.91 Å². The third-order valence-corrected chi connectivity index (χ3v) is 5.60. The van der Waals surface area contributed by atoms with Crippen molar-refractivity contribution in [3.05, 3.63) is 72.3 Å². The van der Waals surface area contributed by atoms with E-state index in [-0.39, 0.29) is 11.8 Å². The summed E-state index contributed by atoms with van der Waals surface area (Å²) in [5.74, 6) is -1.39. The van der Waals surface area contributed by atoms with Crippen LogP contribution in [0.25, 0.3) is 0 Å². The van der Waals surface area contributed by atoms with Gasteiger partial charge in [0, 0.05) is 29.9 Å². The van der Waals surface area contributed by atoms with Crippen molar-refractivity contribution in [1.29, 1.82) is 0 Å². The molecule has 2 amide bonds. The van der Waals surface area contributed by atoms with Gasteiger partial charge < -0.3 is 15.2 Å². The first-order chi connectivity index (χ1) is 14.3. The first kappa shape index (κ1) is 21.6. The van der Waals surface area contributed by atoms with Crippen molar-refractivity contribution in [1.82, 2.24) is 14.9 Å². The molecule has 1 aromatic heterocycles. The van der Waals surface area contributed by atoms with Crippen LogP contribution < -0.4 is 10.6 Å². The van der Waals surface area contributed by atoms with Crippen molar-refractivity contribution < 1.29 is 14.0 Å². The number of carbonyl (C=O) groups is 2. The smallest absolute Gasteiger partial charge is 0.251 e. The molecule has 2 aromatic carbocycles. The Bertz CT molecular complexity index is 1040. The van der Waals surface area contributed by atoms with E-state index in [1.807, 2.05) is 31.5 Å². The average molecular weight is 427 g/mol. The maximum absolute atomic E-state index is 13.9. The molecule has 156 valence electrons. The number of imidazole rings is 1. The molecule has 0 fully saturated rings. The number of aromatic nitrogens is 2. The van der Waals surface area contributed by atoms with Crippen LogP contribution in [-0.2, 0) is 11.8 Å². The Kier molecular flexibility index (Phi) is 6.89. The fraction of sp³-hybridized carbons (Fsp3) is 0.227. The third-order valence-electron chi connectivity index (χ3n) is 4.45. The Hall–Kier alpha value is -3.13. The van der Waals surface area contributed by atoms with Gasteiger partial charge >= 0.3 is 0 Å². The molecule has 2 N–H and O–H groups in total. The molecule has 8 heteroatoms. The van der Waals surface area contributed by atoms with Gasteiger partial charge in [0.05, 0.1) is 5.69 Å². The minimum atomic E-state index is -0.785. The van der Waals surface area contributed by atoms with E-state index in [1.54, 1.807) is 42.7 Å². The zero-order valence-corrected chi connectivity index (χ0v) is 17.7. The van der Waals surface area contributed by atoms with E-state index in [9.17, 15) is 14.0 Å². The van der Waals surface area contributed by atoms with Crippen molar-refractivity contribution in [2.24, 2.45) is 13.0 Å². The van der Waals surface area contributed by atoms with Gasteiger partial charge in [-0.1, -0.05) is 32.0 Å². The zero-order valence-electron chi connectivity index (χ0n) is 16.9. The Morgan fingerprint density at radius 1 is 1.13 bits per heavy atom. The van der Waals surface area contributed by atoms with Crippen molar-refractivity contribution in [3.63, 3.8) is 0 Å². The molecular formula is C22H23FN4O2S. The number of amides is 2. The quantitative estimate of drug-likeness (QED) is 0.596. The van der Waals surface area contributed by atoms with E-state index in [4.69, 9.17) is 0 Å². The Labute approximate surface area is 178 Å². The summed E-state index contributed by atoms with van der Waals surface area (Å²) in [5.41, 5.74) is 0.792. The lowest BCUT2D eigenvalue weighted by atomic mass is 10.0. The topological polar surface area (TPSA) is 76.0 Å². The average Bonchev–Trinajstić information content (AvgIpc) is 3.12. The highest BCUT2D eigenvalue weighted by atomic mass is 32.2. The fourth-order valence-corrected chi connectivity index (χ4v) is 3.67. The molecule has 1 heterocycles. The number of halogens is 1. The monoisotopic (exact) mass is 426 g/mol. The summed E-state index contributed by atoms with van der Waals surface area (Å²) in [4.78, 5) is 30.4. The number of hydrogen-bond acceptors (Lipinski definition) is 4. The number of carbonyl (C=O) groups excluding carboxylic acids is 2. The molecular weight excluding hydrogens is 403 g/mol. The molecule has 0 aliphatic heterocycles. The molecule has 0 saturated heterocycles. The molecule has 0 aliphatic rings. The van der Waals surface area contributed by atoms with Gasteiger partial charge in [0.15, 0.2) is 5.16 Å². The van der Waals surface area contributed by atoms with E-state index in [1.165, 1.54) is 23.9 Å². The van der Waals surface area contributed by atoms with Crippen LogP contribution in [0.15, 0.2) is 71.0 Å². The van der Waals surface area contributed by atoms with Gasteiger partial charge in [0.25, 0.3) is 5.91 Å². The second kappa shape index (κ2) is 9.58. The van der Waals surface area contributed by atoms with Crippen molar-refractivity contribution in [2.45, 2.75) is 29.9 Å². The lowest BCUT2D eigenvalue weighted by Crippen LogP contribution is -2.47. The third kappa shape index (κ3) is 5.27. The lowest BCUT2D eigenvalue weighted by molar-refractivity contribution is -0.118. The SMILES string of the molecule is CC(C)C(NC(=O)c1ccccc1)C(=O)Nc1cc(F)ccc1Sc1nccn1C. The van der Waals surface area contributed by atoms with E-state index >= 15 is 0 Å². The Morgan fingerprint density at radius 3 is 2.50 bits per heavy atom. The first-order valence-electron chi connectivity index (χ1n) is 9.46. The van der Waals surface area contributed by atoms with Crippen molar-refractivity contribution in [2.75, 3.05) is 5.32 Å². The predicted molar refractivity (Wildman–Crippen MR) is 115 cm³/mol. The van der Waals surface area contributed by atoms with Crippen molar-refractivity contribution >= 4 is 29.3 Å². The standard InChI is InChI=1S/C22H23FN4O2S/c1-14(2)19(26-20(28)15-7-5-4-6-8-15)21(29)25-17-13-16(23)9-10-18(17)30-22-24-11-12-27(22)3/h4-14,19H,1-3H3,(H,25,29)(H,26,28). The van der Waals surface area contributed by atoms with Crippen LogP contribution >= 0.6 is 11.8 Å². The number of anilines is 1. The van der Waals surface area contributed by atoms with Gasteiger partial charge in [0.1, 0.15) is 11.9 Å². The highest BCUT2D eigenvalue weighted by Gasteiger charge is 2.25. The van der Waals surface area contributed by atoms with E-state index in [0.717, 1.165) is 0 Å². The number of nitrogens with one attached hydrogen (secondary N) is 2. The molecule has 0 saturated carbocycles. The second-order valence-electron chi connectivity index (χ2n) is 7.11. The molecule has 3 aromatic rings. The molecule has 3 rings (SSSR count). The first-order valence-corrected chi connectivity index (χ1v) is 10.3. The molecule has 1 atom stereocenters. The lowest BCUT2D eigenvalue weighted by Gasteiger charge is -2.22. The van der Waals surface area contributed by atoms with Gasteiger partial charge in [-0.05, 0) is 48.0 Å². The number of benzene rings is 2. The molecule has 0 spiro atoms. The van der Waals surface area contributed by atoms with Crippen LogP contribution in [0.5, 0.6) is 0 Å². The van der Waals surface area contributed by atoms with E-state index in [2.05, 4.69) is 15.6 Å². The largest absolute Gasteiger partial charge is 0.340 e. The van der Waals surface area contributed by atoms with Crippen LogP contribution in [0.3, 0.4) is 0 Å². The maximum atomic E-state index is 13.9. The van der Waals surface area contributed by atoms with Gasteiger partial charge in [-0.3, -0.25) is 9.59 Å². The second-order valence-corrected chi connectivity index (χ2v) is 8.12. The zero-order chi connectivity index (χ0) is 21.7. The van der Waals surface area contributed by atoms with Gasteiger partial charge in [-0.15, -0.1) is 0 Å². The van der Waals surface area contributed by atoms with Gasteiger partial charge in [-0.2, -0.15) is 0 Å². The van der Waals surface area contributed by atoms with Crippen LogP contribution in [0.4, 0.5) is 10.1 Å². The van der Waals surface area contributed by atoms with Crippen LogP contribution in [0.2, 0.25) is 0 Å². The predicted octanol–water partition coefficient (Wildman–Crippen LogP) is 4.10. The van der Waals surface area contributed by atoms with Crippen LogP contribution in [-0.4, -0.2) is 27.4 Å². The van der Waals surface area contributed by atoms with E-state index in [0.29, 0.717) is 21.3 Å². The number of aryl methyl sites for hydroxylation is 1. The molecule has 1 unspecified atom stereocenters. The molecule has 6 nitrogen and oxygen atoms in total. The normalized spacial score (nSPS) is 11.9. The Morgan fingerprint density at radius 2 is 1.87 bits per heavy atom. The molecule has 0 radical (unpaired) electrons. The minimum absolute atomic E-state index is 0.170. The van der Waals surface area contributed by atoms with Crippen molar-refractivity contribution in [3.8, 4) is 0 Å². The molecule has 0 bridgehead atoms. The summed E-state index contributed by atoms with van der Waals surface area (Å²) in [6.45, 7) is 3.68. The van der Waals surface area contributed by atoms with E-state index < -0.39 is 17.8 Å².